The molecule has 0 aromatic heterocycles. The summed E-state index contributed by atoms with van der Waals surface area (Å²) in [6.45, 7) is 35.4. The molecule has 1 saturated carbocycles. The quantitative estimate of drug-likeness (QED) is 0.308. The zero-order valence-corrected chi connectivity index (χ0v) is 31.7. The van der Waals surface area contributed by atoms with Crippen LogP contribution in [0.15, 0.2) is 55.6 Å². The van der Waals surface area contributed by atoms with Gasteiger partial charge in [-0.1, -0.05) is 121 Å². The summed E-state index contributed by atoms with van der Waals surface area (Å²) >= 11 is 0. The number of nitrogens with one attached hydrogen (secondary N) is 1. The molecule has 1 fully saturated rings. The molecule has 1 unspecified atom stereocenters. The molecule has 0 spiro atoms. The molecule has 1 atom stereocenters. The van der Waals surface area contributed by atoms with Crippen LogP contribution in [0.3, 0.4) is 0 Å². The lowest BCUT2D eigenvalue weighted by atomic mass is 9.84. The van der Waals surface area contributed by atoms with Gasteiger partial charge in [-0.25, -0.2) is 8.78 Å². The third kappa shape index (κ3) is 15.0. The highest BCUT2D eigenvalue weighted by molar-refractivity contribution is 6.01. The van der Waals surface area contributed by atoms with Crippen LogP contribution in [-0.2, 0) is 23.1 Å². The number of amides is 1. The van der Waals surface area contributed by atoms with Crippen molar-refractivity contribution in [1.82, 2.24) is 0 Å². The molecule has 0 radical (unpaired) electrons. The number of fused-ring (bicyclic) bond motifs is 1. The Morgan fingerprint density at radius 1 is 0.911 bits per heavy atom. The number of hydrogen-bond acceptors (Lipinski definition) is 2. The van der Waals surface area contributed by atoms with E-state index in [1.165, 1.54) is 16.8 Å². The third-order valence-corrected chi connectivity index (χ3v) is 7.13. The van der Waals surface area contributed by atoms with Crippen molar-refractivity contribution >= 4 is 17.3 Å². The van der Waals surface area contributed by atoms with Gasteiger partial charge in [0.1, 0.15) is 0 Å². The first-order chi connectivity index (χ1) is 21.5. The molecule has 45 heavy (non-hydrogen) atoms. The van der Waals surface area contributed by atoms with E-state index in [4.69, 9.17) is 0 Å². The van der Waals surface area contributed by atoms with E-state index in [0.29, 0.717) is 6.04 Å². The minimum Gasteiger partial charge on any atom is -0.367 e. The van der Waals surface area contributed by atoms with Gasteiger partial charge in [-0.2, -0.15) is 0 Å². The normalized spacial score (nSPS) is 14.7. The van der Waals surface area contributed by atoms with Gasteiger partial charge in [-0.3, -0.25) is 4.79 Å². The van der Waals surface area contributed by atoms with E-state index < -0.39 is 6.43 Å². The zero-order valence-electron chi connectivity index (χ0n) is 31.7. The van der Waals surface area contributed by atoms with Crippen LogP contribution < -0.4 is 10.2 Å². The molecular formula is C40H70F2N2O. The Kier molecular flexibility index (Phi) is 26.5. The SMILES string of the molecule is C=C.CC.CC.CC.CC.CC(F)F.CCCc1ccc(C2(C(=O)Nc3ccc4c(c3)CC(C(C)(C)C)N4CCC)CC2)cc1. The Balaban J connectivity index is -0.00000110. The highest BCUT2D eigenvalue weighted by Gasteiger charge is 2.51. The van der Waals surface area contributed by atoms with Gasteiger partial charge in [0, 0.05) is 24.0 Å². The van der Waals surface area contributed by atoms with E-state index in [9.17, 15) is 13.6 Å². The fourth-order valence-corrected chi connectivity index (χ4v) is 5.19. The first kappa shape index (κ1) is 46.7. The predicted molar refractivity (Wildman–Crippen MR) is 199 cm³/mol. The second-order valence-corrected chi connectivity index (χ2v) is 11.1. The van der Waals surface area contributed by atoms with Crippen molar-refractivity contribution in [2.45, 2.75) is 153 Å². The summed E-state index contributed by atoms with van der Waals surface area (Å²) < 4.78 is 20.7. The lowest BCUT2D eigenvalue weighted by molar-refractivity contribution is -0.118. The van der Waals surface area contributed by atoms with Crippen LogP contribution in [0.2, 0.25) is 0 Å². The molecule has 2 aliphatic rings. The van der Waals surface area contributed by atoms with Crippen LogP contribution in [-0.4, -0.2) is 24.9 Å². The second-order valence-electron chi connectivity index (χ2n) is 11.1. The summed E-state index contributed by atoms with van der Waals surface area (Å²) in [7, 11) is 0. The van der Waals surface area contributed by atoms with Gasteiger partial charge in [0.05, 0.1) is 5.41 Å². The van der Waals surface area contributed by atoms with Gasteiger partial charge in [0.2, 0.25) is 12.3 Å². The minimum absolute atomic E-state index is 0.145. The highest BCUT2D eigenvalue weighted by atomic mass is 19.3. The summed E-state index contributed by atoms with van der Waals surface area (Å²) in [5, 5.41) is 3.26. The summed E-state index contributed by atoms with van der Waals surface area (Å²) in [5.74, 6) is 0.145. The Morgan fingerprint density at radius 3 is 1.80 bits per heavy atom. The molecule has 1 amide bonds. The van der Waals surface area contributed by atoms with E-state index in [1.807, 2.05) is 55.4 Å². The average Bonchev–Trinajstić information content (AvgIpc) is 3.79. The lowest BCUT2D eigenvalue weighted by Gasteiger charge is -2.36. The lowest BCUT2D eigenvalue weighted by Crippen LogP contribution is -2.42. The summed E-state index contributed by atoms with van der Waals surface area (Å²) in [6.07, 6.45) is 4.14. The molecular weight excluding hydrogens is 562 g/mol. The largest absolute Gasteiger partial charge is 0.367 e. The molecule has 3 nitrogen and oxygen atoms in total. The third-order valence-electron chi connectivity index (χ3n) is 7.13. The smallest absolute Gasteiger partial charge is 0.235 e. The Morgan fingerprint density at radius 2 is 1.40 bits per heavy atom. The van der Waals surface area contributed by atoms with Gasteiger partial charge >= 0.3 is 0 Å². The van der Waals surface area contributed by atoms with Crippen LogP contribution in [0.1, 0.15) is 139 Å². The van der Waals surface area contributed by atoms with Crippen LogP contribution in [0.4, 0.5) is 20.2 Å². The van der Waals surface area contributed by atoms with Crippen molar-refractivity contribution in [1.29, 1.82) is 0 Å². The molecule has 1 N–H and O–H groups in total. The molecule has 4 rings (SSSR count). The van der Waals surface area contributed by atoms with E-state index >= 15 is 0 Å². The summed E-state index contributed by atoms with van der Waals surface area (Å²) in [6, 6.07) is 15.7. The van der Waals surface area contributed by atoms with E-state index in [1.54, 1.807) is 0 Å². The van der Waals surface area contributed by atoms with Crippen LogP contribution in [0.25, 0.3) is 0 Å². The van der Waals surface area contributed by atoms with Crippen LogP contribution >= 0.6 is 0 Å². The highest BCUT2D eigenvalue weighted by Crippen LogP contribution is 2.49. The standard InChI is InChI=1S/C28H38N2O.C2H4F2.4C2H6.C2H4/c1-6-8-20-9-11-22(12-10-20)28(15-16-28)26(31)29-23-13-14-24-21(18-23)19-25(27(3,4)5)30(24)17-7-2;1-2(3)4;5*1-2/h9-14,18,25H,6-8,15-17,19H2,1-5H3,(H,29,31);2H,1H3;4*1-2H3;1-2H2. The van der Waals surface area contributed by atoms with Crippen LogP contribution in [0.5, 0.6) is 0 Å². The van der Waals surface area contributed by atoms with Crippen LogP contribution in [0, 0.1) is 5.41 Å². The fourth-order valence-electron chi connectivity index (χ4n) is 5.19. The van der Waals surface area contributed by atoms with Gasteiger partial charge in [-0.05, 0) is 79.3 Å². The molecule has 1 aliphatic heterocycles. The Bertz CT molecular complexity index is 1010. The maximum Gasteiger partial charge on any atom is 0.235 e. The van der Waals surface area contributed by atoms with Crippen molar-refractivity contribution in [2.75, 3.05) is 16.8 Å². The molecule has 0 bridgehead atoms. The Labute approximate surface area is 278 Å². The topological polar surface area (TPSA) is 32.3 Å². The number of aryl methyl sites for hydroxylation is 1. The number of rotatable bonds is 7. The molecule has 1 aliphatic carbocycles. The van der Waals surface area contributed by atoms with Crippen molar-refractivity contribution in [3.8, 4) is 0 Å². The molecule has 1 heterocycles. The van der Waals surface area contributed by atoms with Gasteiger partial charge in [0.25, 0.3) is 0 Å². The number of benzene rings is 2. The number of alkyl halides is 2. The maximum absolute atomic E-state index is 13.3. The monoisotopic (exact) mass is 633 g/mol. The average molecular weight is 633 g/mol. The molecule has 2 aromatic rings. The number of halogens is 2. The number of anilines is 2. The Hall–Kier alpha value is -2.69. The molecule has 0 saturated heterocycles. The van der Waals surface area contributed by atoms with Crippen molar-refractivity contribution < 1.29 is 13.6 Å². The first-order valence-corrected chi connectivity index (χ1v) is 17.6. The summed E-state index contributed by atoms with van der Waals surface area (Å²) in [4.78, 5) is 15.8. The summed E-state index contributed by atoms with van der Waals surface area (Å²) in [5.41, 5.74) is 6.03. The van der Waals surface area contributed by atoms with Gasteiger partial charge in [-0.15, -0.1) is 13.2 Å². The second kappa shape index (κ2) is 25.5. The van der Waals surface area contributed by atoms with Crippen molar-refractivity contribution in [2.24, 2.45) is 5.41 Å². The first-order valence-electron chi connectivity index (χ1n) is 17.6. The van der Waals surface area contributed by atoms with Gasteiger partial charge < -0.3 is 10.2 Å². The molecule has 5 heteroatoms. The number of nitrogens with zero attached hydrogens (tertiary/aromatic N) is 1. The van der Waals surface area contributed by atoms with Crippen molar-refractivity contribution in [3.63, 3.8) is 0 Å². The number of hydrogen-bond donors (Lipinski definition) is 1. The number of carbonyl (C=O) groups is 1. The number of carbonyl (C=O) groups excluding carboxylic acids is 1. The minimum atomic E-state index is -2.17. The van der Waals surface area contributed by atoms with Gasteiger partial charge in [0.15, 0.2) is 0 Å². The fraction of sp³-hybridized carbons (Fsp3) is 0.625. The molecule has 2 aromatic carbocycles. The van der Waals surface area contributed by atoms with Crippen molar-refractivity contribution in [3.05, 3.63) is 72.3 Å². The maximum atomic E-state index is 13.3. The van der Waals surface area contributed by atoms with E-state index in [-0.39, 0.29) is 16.7 Å². The predicted octanol–water partition coefficient (Wildman–Crippen LogP) is 12.7. The van der Waals surface area contributed by atoms with E-state index in [0.717, 1.165) is 63.2 Å². The zero-order chi connectivity index (χ0) is 35.8. The van der Waals surface area contributed by atoms with E-state index in [2.05, 4.69) is 100 Å². The molecule has 260 valence electrons.